The Bertz CT molecular complexity index is 887. The monoisotopic (exact) mass is 450 g/mol. The summed E-state index contributed by atoms with van der Waals surface area (Å²) in [6.07, 6.45) is 1.55. The molecule has 0 aromatic heterocycles. The summed E-state index contributed by atoms with van der Waals surface area (Å²) in [4.78, 5) is 10.7. The smallest absolute Gasteiger partial charge is 0.306 e. The van der Waals surface area contributed by atoms with Crippen LogP contribution in [0.15, 0.2) is 35.7 Å². The van der Waals surface area contributed by atoms with Crippen molar-refractivity contribution in [2.75, 3.05) is 35.0 Å². The number of carbonyl (C=O) groups is 1. The number of ether oxygens (including phenoxy) is 5. The minimum absolute atomic E-state index is 0.00912. The average molecular weight is 451 g/mol. The van der Waals surface area contributed by atoms with Crippen LogP contribution in [0.2, 0.25) is 0 Å². The summed E-state index contributed by atoms with van der Waals surface area (Å²) in [7, 11) is 6.11. The van der Waals surface area contributed by atoms with Crippen molar-refractivity contribution in [3.8, 4) is 28.7 Å². The zero-order chi connectivity index (χ0) is 22.8. The van der Waals surface area contributed by atoms with Crippen LogP contribution in [0.5, 0.6) is 28.7 Å². The van der Waals surface area contributed by atoms with Crippen molar-refractivity contribution in [1.29, 1.82) is 0 Å². The van der Waals surface area contributed by atoms with Gasteiger partial charge < -0.3 is 33.3 Å². The van der Waals surface area contributed by atoms with Gasteiger partial charge in [-0.05, 0) is 23.3 Å². The molecule has 1 atom stereocenters. The average Bonchev–Trinajstić information content (AvgIpc) is 2.77. The highest BCUT2D eigenvalue weighted by atomic mass is 32.2. The third kappa shape index (κ3) is 7.01. The van der Waals surface area contributed by atoms with Gasteiger partial charge in [0.2, 0.25) is 0 Å². The first-order valence-corrected chi connectivity index (χ1v) is 10.7. The Labute approximate surface area is 184 Å². The number of aliphatic carboxylic acids is 1. The van der Waals surface area contributed by atoms with Crippen molar-refractivity contribution < 1.29 is 38.1 Å². The molecular weight excluding hydrogens is 424 g/mol. The predicted molar refractivity (Wildman–Crippen MR) is 118 cm³/mol. The second-order valence-electron chi connectivity index (χ2n) is 6.25. The fraction of sp³-hybridized carbons (Fsp3) is 0.318. The van der Waals surface area contributed by atoms with E-state index in [0.717, 1.165) is 5.56 Å². The molecule has 0 aliphatic rings. The van der Waals surface area contributed by atoms with Gasteiger partial charge in [0.15, 0.2) is 11.5 Å². The van der Waals surface area contributed by atoms with Crippen LogP contribution < -0.4 is 23.7 Å². The maximum atomic E-state index is 12.6. The van der Waals surface area contributed by atoms with E-state index >= 15 is 0 Å². The largest absolute Gasteiger partial charge is 0.612 e. The number of carboxylic acid groups (broad SMARTS) is 1. The van der Waals surface area contributed by atoms with E-state index in [4.69, 9.17) is 28.8 Å². The molecule has 1 N–H and O–H groups in total. The van der Waals surface area contributed by atoms with Gasteiger partial charge in [-0.2, -0.15) is 0 Å². The molecular formula is C22H26O8S. The van der Waals surface area contributed by atoms with Gasteiger partial charge in [-0.25, -0.2) is 0 Å². The Morgan fingerprint density at radius 1 is 0.968 bits per heavy atom. The van der Waals surface area contributed by atoms with Crippen molar-refractivity contribution >= 4 is 23.2 Å². The van der Waals surface area contributed by atoms with E-state index < -0.39 is 17.1 Å². The summed E-state index contributed by atoms with van der Waals surface area (Å²) in [5, 5.41) is 10.3. The lowest BCUT2D eigenvalue weighted by molar-refractivity contribution is -0.137. The first kappa shape index (κ1) is 24.2. The van der Waals surface area contributed by atoms with E-state index in [1.807, 2.05) is 0 Å². The molecule has 2 rings (SSSR count). The Hall–Kier alpha value is -3.04. The molecule has 2 aromatic rings. The molecule has 168 valence electrons. The summed E-state index contributed by atoms with van der Waals surface area (Å²) in [6.45, 7) is 0.00912. The summed E-state index contributed by atoms with van der Waals surface area (Å²) in [5.41, 5.74) is 1.40. The first-order valence-electron chi connectivity index (χ1n) is 9.28. The Balaban J connectivity index is 2.16. The zero-order valence-electron chi connectivity index (χ0n) is 17.9. The number of hydrogen-bond donors (Lipinski definition) is 1. The maximum Gasteiger partial charge on any atom is 0.306 e. The molecule has 0 aliphatic carbocycles. The summed E-state index contributed by atoms with van der Waals surface area (Å²) in [5.74, 6) is 1.80. The van der Waals surface area contributed by atoms with Crippen LogP contribution in [-0.4, -0.2) is 50.7 Å². The molecule has 0 saturated heterocycles. The number of methoxy groups -OCH3 is 4. The Morgan fingerprint density at radius 3 is 2.16 bits per heavy atom. The molecule has 2 aromatic carbocycles. The zero-order valence-corrected chi connectivity index (χ0v) is 18.7. The minimum Gasteiger partial charge on any atom is -0.612 e. The van der Waals surface area contributed by atoms with Crippen molar-refractivity contribution in [1.82, 2.24) is 0 Å². The lowest BCUT2D eigenvalue weighted by Crippen LogP contribution is -2.06. The van der Waals surface area contributed by atoms with E-state index in [9.17, 15) is 9.35 Å². The minimum atomic E-state index is -1.34. The molecule has 1 unspecified atom stereocenters. The van der Waals surface area contributed by atoms with Crippen LogP contribution in [0.3, 0.4) is 0 Å². The molecule has 0 saturated carbocycles. The fourth-order valence-electron chi connectivity index (χ4n) is 2.73. The highest BCUT2D eigenvalue weighted by Gasteiger charge is 2.14. The van der Waals surface area contributed by atoms with Gasteiger partial charge in [0, 0.05) is 23.8 Å². The SMILES string of the molecule is COc1cc(OC)c(/C=C/[S+]([O-])Cc2ccc(OC)c(OCCC(=O)O)c2)c(OC)c1. The first-order chi connectivity index (χ1) is 14.9. The number of benzene rings is 2. The van der Waals surface area contributed by atoms with Crippen LogP contribution in [0, 0.1) is 0 Å². The molecule has 0 heterocycles. The van der Waals surface area contributed by atoms with Gasteiger partial charge >= 0.3 is 5.97 Å². The molecule has 9 heteroatoms. The van der Waals surface area contributed by atoms with E-state index in [1.165, 1.54) is 21.3 Å². The molecule has 0 aliphatic heterocycles. The van der Waals surface area contributed by atoms with Gasteiger partial charge in [-0.1, -0.05) is 6.07 Å². The quantitative estimate of drug-likeness (QED) is 0.490. The lowest BCUT2D eigenvalue weighted by atomic mass is 10.1. The van der Waals surface area contributed by atoms with Gasteiger partial charge in [-0.3, -0.25) is 4.79 Å². The van der Waals surface area contributed by atoms with Gasteiger partial charge in [0.25, 0.3) is 0 Å². The Morgan fingerprint density at radius 2 is 1.61 bits per heavy atom. The maximum absolute atomic E-state index is 12.6. The summed E-state index contributed by atoms with van der Waals surface area (Å²) >= 11 is -1.34. The third-order valence-corrected chi connectivity index (χ3v) is 5.31. The molecule has 8 nitrogen and oxygen atoms in total. The van der Waals surface area contributed by atoms with E-state index in [0.29, 0.717) is 34.3 Å². The normalized spacial score (nSPS) is 11.8. The van der Waals surface area contributed by atoms with Crippen molar-refractivity contribution in [3.05, 3.63) is 46.9 Å². The second kappa shape index (κ2) is 12.0. The fourth-order valence-corrected chi connectivity index (χ4v) is 3.62. The summed E-state index contributed by atoms with van der Waals surface area (Å²) in [6, 6.07) is 8.61. The van der Waals surface area contributed by atoms with E-state index in [1.54, 1.807) is 48.9 Å². The molecule has 0 amide bonds. The topological polar surface area (TPSA) is 107 Å². The van der Waals surface area contributed by atoms with Gasteiger partial charge in [0.1, 0.15) is 28.4 Å². The van der Waals surface area contributed by atoms with E-state index in [-0.39, 0.29) is 18.8 Å². The highest BCUT2D eigenvalue weighted by Crippen LogP contribution is 2.35. The van der Waals surface area contributed by atoms with Crippen LogP contribution in [-0.2, 0) is 21.7 Å². The third-order valence-electron chi connectivity index (χ3n) is 4.25. The second-order valence-corrected chi connectivity index (χ2v) is 7.57. The van der Waals surface area contributed by atoms with Crippen molar-refractivity contribution in [2.24, 2.45) is 0 Å². The van der Waals surface area contributed by atoms with Crippen molar-refractivity contribution in [2.45, 2.75) is 12.2 Å². The molecule has 0 fully saturated rings. The van der Waals surface area contributed by atoms with Crippen LogP contribution in [0.25, 0.3) is 6.08 Å². The van der Waals surface area contributed by atoms with Gasteiger partial charge in [-0.15, -0.1) is 0 Å². The number of hydrogen-bond acceptors (Lipinski definition) is 7. The highest BCUT2D eigenvalue weighted by molar-refractivity contribution is 7.93. The van der Waals surface area contributed by atoms with Crippen LogP contribution in [0.4, 0.5) is 0 Å². The lowest BCUT2D eigenvalue weighted by Gasteiger charge is -2.13. The van der Waals surface area contributed by atoms with E-state index in [2.05, 4.69) is 0 Å². The molecule has 0 bridgehead atoms. The standard InChI is InChI=1S/C22H26O8S/c1-26-16-12-19(28-3)17(20(13-16)29-4)8-10-31(25)14-15-5-6-18(27-2)21(11-15)30-9-7-22(23)24/h5-6,8,10-13H,7,9,14H2,1-4H3,(H,23,24)/b10-8+. The van der Waals surface area contributed by atoms with Crippen LogP contribution in [0.1, 0.15) is 17.5 Å². The predicted octanol–water partition coefficient (Wildman–Crippen LogP) is 3.49. The van der Waals surface area contributed by atoms with Crippen LogP contribution >= 0.6 is 0 Å². The molecule has 31 heavy (non-hydrogen) atoms. The van der Waals surface area contributed by atoms with Gasteiger partial charge in [0.05, 0.1) is 47.0 Å². The summed E-state index contributed by atoms with van der Waals surface area (Å²) < 4.78 is 39.4. The van der Waals surface area contributed by atoms with Crippen molar-refractivity contribution in [3.63, 3.8) is 0 Å². The molecule has 0 radical (unpaired) electrons. The Kier molecular flexibility index (Phi) is 9.36. The number of carboxylic acids is 1. The number of rotatable bonds is 12. The molecule has 0 spiro atoms.